The number of aliphatic carboxylic acids is 1. The quantitative estimate of drug-likeness (QED) is 0.721. The second kappa shape index (κ2) is 8.88. The SMILES string of the molecule is O=C(O)COc1ccc(CCNC(=O)[C@@H]2CC(=O)N(C3CCCC3)C2)cc1. The van der Waals surface area contributed by atoms with E-state index >= 15 is 0 Å². The summed E-state index contributed by atoms with van der Waals surface area (Å²) in [6.45, 7) is 0.681. The van der Waals surface area contributed by atoms with Crippen molar-refractivity contribution in [1.29, 1.82) is 0 Å². The molecular formula is C20H26N2O5. The van der Waals surface area contributed by atoms with Gasteiger partial charge in [0, 0.05) is 25.6 Å². The van der Waals surface area contributed by atoms with Crippen molar-refractivity contribution < 1.29 is 24.2 Å². The molecule has 0 spiro atoms. The van der Waals surface area contributed by atoms with Crippen LogP contribution in [0.3, 0.4) is 0 Å². The van der Waals surface area contributed by atoms with Gasteiger partial charge in [0.2, 0.25) is 11.8 Å². The van der Waals surface area contributed by atoms with Gasteiger partial charge in [0.15, 0.2) is 6.61 Å². The van der Waals surface area contributed by atoms with Gasteiger partial charge in [-0.1, -0.05) is 25.0 Å². The van der Waals surface area contributed by atoms with Crippen LogP contribution in [0.2, 0.25) is 0 Å². The zero-order valence-electron chi connectivity index (χ0n) is 15.4. The smallest absolute Gasteiger partial charge is 0.341 e. The van der Waals surface area contributed by atoms with E-state index in [0.29, 0.717) is 37.7 Å². The van der Waals surface area contributed by atoms with Gasteiger partial charge < -0.3 is 20.1 Å². The zero-order chi connectivity index (χ0) is 19.2. The van der Waals surface area contributed by atoms with Crippen LogP contribution in [0.15, 0.2) is 24.3 Å². The molecular weight excluding hydrogens is 348 g/mol. The van der Waals surface area contributed by atoms with E-state index < -0.39 is 5.97 Å². The summed E-state index contributed by atoms with van der Waals surface area (Å²) >= 11 is 0. The van der Waals surface area contributed by atoms with Gasteiger partial charge in [0.05, 0.1) is 5.92 Å². The third-order valence-corrected chi connectivity index (χ3v) is 5.29. The number of rotatable bonds is 8. The van der Waals surface area contributed by atoms with Crippen LogP contribution in [-0.2, 0) is 20.8 Å². The fourth-order valence-electron chi connectivity index (χ4n) is 3.85. The molecule has 1 aromatic rings. The molecule has 0 radical (unpaired) electrons. The molecule has 146 valence electrons. The number of nitrogens with zero attached hydrogens (tertiary/aromatic N) is 1. The van der Waals surface area contributed by atoms with E-state index in [1.165, 1.54) is 12.8 Å². The molecule has 1 aliphatic carbocycles. The zero-order valence-corrected chi connectivity index (χ0v) is 15.4. The van der Waals surface area contributed by atoms with Crippen molar-refractivity contribution in [2.75, 3.05) is 19.7 Å². The standard InChI is InChI=1S/C20H26N2O5/c23-18-11-15(12-22(18)16-3-1-2-4-16)20(26)21-10-9-14-5-7-17(8-6-14)27-13-19(24)25/h5-8,15-16H,1-4,9-13H2,(H,21,26)(H,24,25)/t15-/m1/s1. The summed E-state index contributed by atoms with van der Waals surface area (Å²) in [5.74, 6) is -0.700. The molecule has 27 heavy (non-hydrogen) atoms. The lowest BCUT2D eigenvalue weighted by atomic mass is 10.1. The van der Waals surface area contributed by atoms with E-state index in [1.807, 2.05) is 17.0 Å². The van der Waals surface area contributed by atoms with Crippen molar-refractivity contribution in [2.45, 2.75) is 44.6 Å². The fourth-order valence-corrected chi connectivity index (χ4v) is 3.85. The van der Waals surface area contributed by atoms with E-state index in [9.17, 15) is 14.4 Å². The van der Waals surface area contributed by atoms with Crippen LogP contribution in [0.25, 0.3) is 0 Å². The fraction of sp³-hybridized carbons (Fsp3) is 0.550. The first-order valence-corrected chi connectivity index (χ1v) is 9.53. The Bertz CT molecular complexity index is 682. The molecule has 1 saturated carbocycles. The maximum Gasteiger partial charge on any atom is 0.341 e. The maximum absolute atomic E-state index is 12.4. The second-order valence-electron chi connectivity index (χ2n) is 7.25. The molecule has 7 nitrogen and oxygen atoms in total. The van der Waals surface area contributed by atoms with Crippen LogP contribution in [0.5, 0.6) is 5.75 Å². The minimum atomic E-state index is -1.02. The lowest BCUT2D eigenvalue weighted by Crippen LogP contribution is -2.37. The van der Waals surface area contributed by atoms with Gasteiger partial charge >= 0.3 is 5.97 Å². The summed E-state index contributed by atoms with van der Waals surface area (Å²) in [5.41, 5.74) is 1.02. The molecule has 1 aromatic carbocycles. The Kier molecular flexibility index (Phi) is 6.32. The molecule has 1 heterocycles. The minimum Gasteiger partial charge on any atom is -0.482 e. The predicted molar refractivity (Wildman–Crippen MR) is 98.4 cm³/mol. The van der Waals surface area contributed by atoms with E-state index in [-0.39, 0.29) is 24.3 Å². The van der Waals surface area contributed by atoms with E-state index in [1.54, 1.807) is 12.1 Å². The van der Waals surface area contributed by atoms with Gasteiger partial charge in [-0.25, -0.2) is 4.79 Å². The molecule has 0 unspecified atom stereocenters. The molecule has 2 fully saturated rings. The summed E-state index contributed by atoms with van der Waals surface area (Å²) in [6.07, 6.45) is 5.45. The number of hydrogen-bond acceptors (Lipinski definition) is 4. The number of amides is 2. The third kappa shape index (κ3) is 5.21. The first kappa shape index (κ1) is 19.2. The van der Waals surface area contributed by atoms with Crippen LogP contribution in [0.1, 0.15) is 37.7 Å². The lowest BCUT2D eigenvalue weighted by molar-refractivity contribution is -0.139. The number of carboxylic acid groups (broad SMARTS) is 1. The number of likely N-dealkylation sites (tertiary alicyclic amines) is 1. The number of nitrogens with one attached hydrogen (secondary N) is 1. The number of hydrogen-bond donors (Lipinski definition) is 2. The molecule has 1 aliphatic heterocycles. The Morgan fingerprint density at radius 3 is 2.56 bits per heavy atom. The summed E-state index contributed by atoms with van der Waals surface area (Å²) in [4.78, 5) is 37.0. The molecule has 1 atom stereocenters. The van der Waals surface area contributed by atoms with Crippen molar-refractivity contribution in [3.8, 4) is 5.75 Å². The van der Waals surface area contributed by atoms with Crippen molar-refractivity contribution in [2.24, 2.45) is 5.92 Å². The van der Waals surface area contributed by atoms with Crippen molar-refractivity contribution >= 4 is 17.8 Å². The van der Waals surface area contributed by atoms with Gasteiger partial charge in [0.25, 0.3) is 0 Å². The molecule has 2 amide bonds. The van der Waals surface area contributed by atoms with Gasteiger partial charge in [-0.3, -0.25) is 9.59 Å². The van der Waals surface area contributed by atoms with Gasteiger partial charge in [-0.2, -0.15) is 0 Å². The second-order valence-corrected chi connectivity index (χ2v) is 7.25. The lowest BCUT2D eigenvalue weighted by Gasteiger charge is -2.23. The van der Waals surface area contributed by atoms with Crippen molar-refractivity contribution in [3.05, 3.63) is 29.8 Å². The normalized spacial score (nSPS) is 20.1. The Morgan fingerprint density at radius 2 is 1.89 bits per heavy atom. The minimum absolute atomic E-state index is 0.0507. The number of ether oxygens (including phenoxy) is 1. The molecule has 2 aliphatic rings. The van der Waals surface area contributed by atoms with Gasteiger partial charge in [-0.15, -0.1) is 0 Å². The van der Waals surface area contributed by atoms with Crippen molar-refractivity contribution in [1.82, 2.24) is 10.2 Å². The molecule has 2 N–H and O–H groups in total. The highest BCUT2D eigenvalue weighted by molar-refractivity contribution is 5.89. The van der Waals surface area contributed by atoms with Crippen LogP contribution >= 0.6 is 0 Å². The average molecular weight is 374 g/mol. The molecule has 0 bridgehead atoms. The number of carbonyl (C=O) groups is 3. The highest BCUT2D eigenvalue weighted by atomic mass is 16.5. The highest BCUT2D eigenvalue weighted by Gasteiger charge is 2.38. The third-order valence-electron chi connectivity index (χ3n) is 5.29. The van der Waals surface area contributed by atoms with E-state index in [4.69, 9.17) is 9.84 Å². The van der Waals surface area contributed by atoms with Gasteiger partial charge in [-0.05, 0) is 37.0 Å². The van der Waals surface area contributed by atoms with E-state index in [0.717, 1.165) is 18.4 Å². The van der Waals surface area contributed by atoms with Crippen LogP contribution in [0.4, 0.5) is 0 Å². The van der Waals surface area contributed by atoms with Crippen LogP contribution in [-0.4, -0.2) is 53.5 Å². The molecule has 7 heteroatoms. The Morgan fingerprint density at radius 1 is 1.19 bits per heavy atom. The van der Waals surface area contributed by atoms with Crippen LogP contribution < -0.4 is 10.1 Å². The molecule has 1 saturated heterocycles. The number of carboxylic acids is 1. The van der Waals surface area contributed by atoms with Crippen LogP contribution in [0, 0.1) is 5.92 Å². The average Bonchev–Trinajstić information content (AvgIpc) is 3.30. The summed E-state index contributed by atoms with van der Waals surface area (Å²) in [7, 11) is 0. The topological polar surface area (TPSA) is 95.9 Å². The first-order valence-electron chi connectivity index (χ1n) is 9.53. The Balaban J connectivity index is 1.40. The number of carbonyl (C=O) groups excluding carboxylic acids is 2. The largest absolute Gasteiger partial charge is 0.482 e. The maximum atomic E-state index is 12.4. The monoisotopic (exact) mass is 374 g/mol. The first-order chi connectivity index (χ1) is 13.0. The van der Waals surface area contributed by atoms with Gasteiger partial charge in [0.1, 0.15) is 5.75 Å². The predicted octanol–water partition coefficient (Wildman–Crippen LogP) is 1.60. The molecule has 3 rings (SSSR count). The highest BCUT2D eigenvalue weighted by Crippen LogP contribution is 2.29. The van der Waals surface area contributed by atoms with E-state index in [2.05, 4.69) is 5.32 Å². The summed E-state index contributed by atoms with van der Waals surface area (Å²) in [6, 6.07) is 7.47. The summed E-state index contributed by atoms with van der Waals surface area (Å²) < 4.78 is 5.09. The Hall–Kier alpha value is -2.57. The summed E-state index contributed by atoms with van der Waals surface area (Å²) in [5, 5.41) is 11.5. The van der Waals surface area contributed by atoms with Crippen molar-refractivity contribution in [3.63, 3.8) is 0 Å². The Labute approximate surface area is 158 Å². The number of benzene rings is 1. The molecule has 0 aromatic heterocycles.